The first-order valence-electron chi connectivity index (χ1n) is 9.62. The zero-order valence-corrected chi connectivity index (χ0v) is 20.4. The molecule has 160 valence electrons. The number of hydrogen-bond donors (Lipinski definition) is 1. The first kappa shape index (κ1) is 23.0. The molecule has 0 unspecified atom stereocenters. The van der Waals surface area contributed by atoms with Gasteiger partial charge < -0.3 is 15.0 Å². The van der Waals surface area contributed by atoms with E-state index in [-0.39, 0.29) is 18.4 Å². The number of carbonyl (C=O) groups excluding carboxylic acids is 2. The molecule has 7 heteroatoms. The van der Waals surface area contributed by atoms with E-state index in [0.29, 0.717) is 23.5 Å². The minimum Gasteiger partial charge on any atom is -0.482 e. The van der Waals surface area contributed by atoms with E-state index in [1.54, 1.807) is 36.2 Å². The minimum absolute atomic E-state index is 0.174. The predicted octanol–water partition coefficient (Wildman–Crippen LogP) is 5.81. The standard InChI is InChI=1S/C24H22Br2N2O3/c1-16-12-18(25)13-20(26)23(16)31-15-22(29)27-21-11-7-6-10-19(21)24(30)28(2)14-17-8-4-3-5-9-17/h3-13H,14-15H2,1-2H3,(H,27,29). The molecule has 0 atom stereocenters. The molecule has 0 aliphatic heterocycles. The molecule has 3 aromatic rings. The summed E-state index contributed by atoms with van der Waals surface area (Å²) >= 11 is 6.88. The molecule has 3 rings (SSSR count). The number of rotatable bonds is 7. The number of aryl methyl sites for hydroxylation is 1. The highest BCUT2D eigenvalue weighted by Gasteiger charge is 2.18. The summed E-state index contributed by atoms with van der Waals surface area (Å²) in [6.07, 6.45) is 0. The van der Waals surface area contributed by atoms with Crippen LogP contribution in [-0.4, -0.2) is 30.4 Å². The van der Waals surface area contributed by atoms with Crippen molar-refractivity contribution in [3.8, 4) is 5.75 Å². The van der Waals surface area contributed by atoms with Crippen molar-refractivity contribution in [2.24, 2.45) is 0 Å². The van der Waals surface area contributed by atoms with Gasteiger partial charge in [-0.25, -0.2) is 0 Å². The highest BCUT2D eigenvalue weighted by atomic mass is 79.9. The number of hydrogen-bond acceptors (Lipinski definition) is 3. The topological polar surface area (TPSA) is 58.6 Å². The first-order valence-corrected chi connectivity index (χ1v) is 11.2. The molecule has 0 saturated heterocycles. The van der Waals surface area contributed by atoms with Crippen LogP contribution in [0.3, 0.4) is 0 Å². The molecular weight excluding hydrogens is 524 g/mol. The van der Waals surface area contributed by atoms with Crippen LogP contribution in [0.2, 0.25) is 0 Å². The Balaban J connectivity index is 1.67. The molecule has 0 radical (unpaired) electrons. The number of carbonyl (C=O) groups is 2. The molecule has 0 aliphatic rings. The quantitative estimate of drug-likeness (QED) is 0.407. The maximum absolute atomic E-state index is 13.0. The largest absolute Gasteiger partial charge is 0.482 e. The molecule has 3 aromatic carbocycles. The van der Waals surface area contributed by atoms with Crippen LogP contribution in [0.1, 0.15) is 21.5 Å². The summed E-state index contributed by atoms with van der Waals surface area (Å²) in [7, 11) is 1.74. The number of halogens is 2. The van der Waals surface area contributed by atoms with Crippen molar-refractivity contribution in [2.75, 3.05) is 19.0 Å². The SMILES string of the molecule is Cc1cc(Br)cc(Br)c1OCC(=O)Nc1ccccc1C(=O)N(C)Cc1ccccc1. The molecule has 0 heterocycles. The lowest BCUT2D eigenvalue weighted by molar-refractivity contribution is -0.118. The van der Waals surface area contributed by atoms with Crippen molar-refractivity contribution >= 4 is 49.4 Å². The summed E-state index contributed by atoms with van der Waals surface area (Å²) in [4.78, 5) is 27.1. The molecule has 0 aliphatic carbocycles. The van der Waals surface area contributed by atoms with Gasteiger partial charge in [-0.2, -0.15) is 0 Å². The maximum Gasteiger partial charge on any atom is 0.262 e. The predicted molar refractivity (Wildman–Crippen MR) is 129 cm³/mol. The van der Waals surface area contributed by atoms with Gasteiger partial charge in [0.2, 0.25) is 0 Å². The fourth-order valence-corrected chi connectivity index (χ4v) is 4.66. The number of nitrogens with one attached hydrogen (secondary N) is 1. The highest BCUT2D eigenvalue weighted by molar-refractivity contribution is 9.11. The maximum atomic E-state index is 13.0. The van der Waals surface area contributed by atoms with E-state index in [0.717, 1.165) is 20.1 Å². The lowest BCUT2D eigenvalue weighted by Crippen LogP contribution is -2.28. The Morgan fingerprint density at radius 2 is 1.68 bits per heavy atom. The van der Waals surface area contributed by atoms with Crippen LogP contribution in [0.15, 0.2) is 75.7 Å². The van der Waals surface area contributed by atoms with Crippen molar-refractivity contribution in [1.29, 1.82) is 0 Å². The summed E-state index contributed by atoms with van der Waals surface area (Å²) < 4.78 is 7.38. The van der Waals surface area contributed by atoms with Crippen molar-refractivity contribution in [2.45, 2.75) is 13.5 Å². The van der Waals surface area contributed by atoms with Crippen LogP contribution in [0.25, 0.3) is 0 Å². The summed E-state index contributed by atoms with van der Waals surface area (Å²) in [5.41, 5.74) is 2.80. The number of amides is 2. The zero-order valence-electron chi connectivity index (χ0n) is 17.2. The summed E-state index contributed by atoms with van der Waals surface area (Å²) in [6.45, 7) is 2.20. The van der Waals surface area contributed by atoms with E-state index in [4.69, 9.17) is 4.74 Å². The lowest BCUT2D eigenvalue weighted by Gasteiger charge is -2.19. The van der Waals surface area contributed by atoms with Crippen LogP contribution < -0.4 is 10.1 Å². The van der Waals surface area contributed by atoms with Crippen molar-refractivity contribution < 1.29 is 14.3 Å². The van der Waals surface area contributed by atoms with Gasteiger partial charge in [-0.3, -0.25) is 9.59 Å². The monoisotopic (exact) mass is 544 g/mol. The van der Waals surface area contributed by atoms with Gasteiger partial charge in [-0.1, -0.05) is 58.4 Å². The van der Waals surface area contributed by atoms with E-state index >= 15 is 0 Å². The third kappa shape index (κ3) is 6.18. The van der Waals surface area contributed by atoms with Crippen LogP contribution in [0, 0.1) is 6.92 Å². The second kappa shape index (κ2) is 10.6. The second-order valence-corrected chi connectivity index (χ2v) is 8.83. The smallest absolute Gasteiger partial charge is 0.262 e. The second-order valence-electron chi connectivity index (χ2n) is 7.06. The zero-order chi connectivity index (χ0) is 22.4. The Hall–Kier alpha value is -2.64. The molecule has 5 nitrogen and oxygen atoms in total. The van der Waals surface area contributed by atoms with E-state index in [1.807, 2.05) is 49.4 Å². The molecule has 0 spiro atoms. The summed E-state index contributed by atoms with van der Waals surface area (Å²) in [5, 5.41) is 2.79. The third-order valence-corrected chi connectivity index (χ3v) is 5.63. The average molecular weight is 546 g/mol. The van der Waals surface area contributed by atoms with E-state index in [2.05, 4.69) is 37.2 Å². The minimum atomic E-state index is -0.347. The van der Waals surface area contributed by atoms with Gasteiger partial charge in [0, 0.05) is 18.1 Å². The number of benzene rings is 3. The Labute approximate surface area is 198 Å². The van der Waals surface area contributed by atoms with Gasteiger partial charge >= 0.3 is 0 Å². The fourth-order valence-electron chi connectivity index (χ4n) is 3.11. The normalized spacial score (nSPS) is 10.5. The van der Waals surface area contributed by atoms with Gasteiger partial charge in [0.25, 0.3) is 11.8 Å². The third-order valence-electron chi connectivity index (χ3n) is 4.58. The Morgan fingerprint density at radius 1 is 1.00 bits per heavy atom. The van der Waals surface area contributed by atoms with Gasteiger partial charge in [0.05, 0.1) is 15.7 Å². The molecule has 0 fully saturated rings. The highest BCUT2D eigenvalue weighted by Crippen LogP contribution is 2.32. The average Bonchev–Trinajstić information content (AvgIpc) is 2.73. The molecule has 0 aromatic heterocycles. The number of ether oxygens (including phenoxy) is 1. The Bertz CT molecular complexity index is 1060. The molecule has 1 N–H and O–H groups in total. The molecular formula is C24H22Br2N2O3. The lowest BCUT2D eigenvalue weighted by atomic mass is 10.1. The fraction of sp³-hybridized carbons (Fsp3) is 0.167. The van der Waals surface area contributed by atoms with Gasteiger partial charge in [-0.05, 0) is 58.2 Å². The summed E-state index contributed by atoms with van der Waals surface area (Å²) in [6, 6.07) is 20.5. The van der Waals surface area contributed by atoms with Crippen molar-refractivity contribution in [3.05, 3.63) is 92.4 Å². The van der Waals surface area contributed by atoms with Crippen molar-refractivity contribution in [3.63, 3.8) is 0 Å². The molecule has 0 bridgehead atoms. The Kier molecular flexibility index (Phi) is 7.87. The molecule has 0 saturated carbocycles. The van der Waals surface area contributed by atoms with Gasteiger partial charge in [-0.15, -0.1) is 0 Å². The number of nitrogens with zero attached hydrogens (tertiary/aromatic N) is 1. The Morgan fingerprint density at radius 3 is 2.39 bits per heavy atom. The van der Waals surface area contributed by atoms with Crippen LogP contribution in [0.5, 0.6) is 5.75 Å². The first-order chi connectivity index (χ1) is 14.8. The molecule has 31 heavy (non-hydrogen) atoms. The van der Waals surface area contributed by atoms with Crippen molar-refractivity contribution in [1.82, 2.24) is 4.90 Å². The number of anilines is 1. The number of para-hydroxylation sites is 1. The summed E-state index contributed by atoms with van der Waals surface area (Å²) in [5.74, 6) is 0.0812. The van der Waals surface area contributed by atoms with Crippen LogP contribution >= 0.6 is 31.9 Å². The van der Waals surface area contributed by atoms with E-state index in [1.165, 1.54) is 0 Å². The van der Waals surface area contributed by atoms with E-state index in [9.17, 15) is 9.59 Å². The van der Waals surface area contributed by atoms with Gasteiger partial charge in [0.15, 0.2) is 6.61 Å². The van der Waals surface area contributed by atoms with Gasteiger partial charge in [0.1, 0.15) is 5.75 Å². The van der Waals surface area contributed by atoms with Crippen LogP contribution in [0.4, 0.5) is 5.69 Å². The van der Waals surface area contributed by atoms with E-state index < -0.39 is 0 Å². The molecule has 2 amide bonds. The van der Waals surface area contributed by atoms with Crippen LogP contribution in [-0.2, 0) is 11.3 Å².